The van der Waals surface area contributed by atoms with Crippen molar-refractivity contribution in [3.63, 3.8) is 0 Å². The monoisotopic (exact) mass is 362 g/mol. The average Bonchev–Trinajstić information content (AvgIpc) is 2.55. The predicted molar refractivity (Wildman–Crippen MR) is 88.8 cm³/mol. The van der Waals surface area contributed by atoms with E-state index in [1.165, 1.54) is 55.5 Å². The fraction of sp³-hybridized carbons (Fsp3) is 0.125. The SMILES string of the molecule is CC(=O)Oc1ccc([N+](=O)[O-])cc1.O=C(O)Cc1ccc([N+](=O)[O-])cc1. The van der Waals surface area contributed by atoms with Gasteiger partial charge in [0.25, 0.3) is 11.4 Å². The molecule has 2 rings (SSSR count). The minimum Gasteiger partial charge on any atom is -0.481 e. The second-order valence-electron chi connectivity index (χ2n) is 4.84. The van der Waals surface area contributed by atoms with E-state index < -0.39 is 21.8 Å². The van der Waals surface area contributed by atoms with Gasteiger partial charge in [-0.1, -0.05) is 12.1 Å². The lowest BCUT2D eigenvalue weighted by Crippen LogP contribution is -2.01. The maximum absolute atomic E-state index is 10.5. The zero-order valence-corrected chi connectivity index (χ0v) is 13.5. The van der Waals surface area contributed by atoms with E-state index in [2.05, 4.69) is 4.74 Å². The molecule has 10 heteroatoms. The first-order valence-corrected chi connectivity index (χ1v) is 7.07. The van der Waals surface area contributed by atoms with Crippen LogP contribution in [0.15, 0.2) is 48.5 Å². The number of ether oxygens (including phenoxy) is 1. The minimum atomic E-state index is -0.950. The predicted octanol–water partition coefficient (Wildman–Crippen LogP) is 2.74. The molecule has 136 valence electrons. The summed E-state index contributed by atoms with van der Waals surface area (Å²) >= 11 is 0. The van der Waals surface area contributed by atoms with Crippen molar-refractivity contribution < 1.29 is 29.3 Å². The lowest BCUT2D eigenvalue weighted by Gasteiger charge is -1.98. The highest BCUT2D eigenvalue weighted by Crippen LogP contribution is 2.17. The van der Waals surface area contributed by atoms with Gasteiger partial charge >= 0.3 is 11.9 Å². The Labute approximate surface area is 146 Å². The molecule has 0 spiro atoms. The van der Waals surface area contributed by atoms with Crippen molar-refractivity contribution in [2.75, 3.05) is 0 Å². The van der Waals surface area contributed by atoms with Crippen molar-refractivity contribution in [3.8, 4) is 5.75 Å². The Morgan fingerprint density at radius 2 is 1.35 bits per heavy atom. The van der Waals surface area contributed by atoms with E-state index in [1.807, 2.05) is 0 Å². The van der Waals surface area contributed by atoms with E-state index >= 15 is 0 Å². The third-order valence-electron chi connectivity index (χ3n) is 2.81. The number of nitro groups is 2. The quantitative estimate of drug-likeness (QED) is 0.369. The second kappa shape index (κ2) is 9.47. The van der Waals surface area contributed by atoms with Crippen molar-refractivity contribution in [1.82, 2.24) is 0 Å². The lowest BCUT2D eigenvalue weighted by atomic mass is 10.1. The number of hydrogen-bond acceptors (Lipinski definition) is 7. The number of carboxylic acids is 1. The third kappa shape index (κ3) is 7.17. The van der Waals surface area contributed by atoms with Crippen LogP contribution in [0.4, 0.5) is 11.4 Å². The molecule has 0 bridgehead atoms. The molecule has 0 aliphatic rings. The average molecular weight is 362 g/mol. The van der Waals surface area contributed by atoms with Gasteiger partial charge in [-0.25, -0.2) is 0 Å². The van der Waals surface area contributed by atoms with Crippen LogP contribution in [-0.4, -0.2) is 26.9 Å². The summed E-state index contributed by atoms with van der Waals surface area (Å²) < 4.78 is 4.69. The Kier molecular flexibility index (Phi) is 7.37. The van der Waals surface area contributed by atoms with Crippen molar-refractivity contribution in [2.24, 2.45) is 0 Å². The summed E-state index contributed by atoms with van der Waals surface area (Å²) in [6, 6.07) is 10.8. The highest BCUT2D eigenvalue weighted by Gasteiger charge is 2.06. The van der Waals surface area contributed by atoms with Crippen LogP contribution in [0, 0.1) is 20.2 Å². The number of non-ortho nitro benzene ring substituents is 2. The normalized spacial score (nSPS) is 9.42. The summed E-state index contributed by atoms with van der Waals surface area (Å²) in [5.74, 6) is -1.10. The molecule has 0 amide bonds. The first-order chi connectivity index (χ1) is 12.2. The number of aliphatic carboxylic acids is 1. The van der Waals surface area contributed by atoms with Crippen molar-refractivity contribution in [1.29, 1.82) is 0 Å². The topological polar surface area (TPSA) is 150 Å². The molecular formula is C16H14N2O8. The lowest BCUT2D eigenvalue weighted by molar-refractivity contribution is -0.385. The van der Waals surface area contributed by atoms with Crippen LogP contribution < -0.4 is 4.74 Å². The van der Waals surface area contributed by atoms with Gasteiger partial charge in [-0.15, -0.1) is 0 Å². The van der Waals surface area contributed by atoms with E-state index in [9.17, 15) is 29.8 Å². The molecule has 0 aromatic heterocycles. The van der Waals surface area contributed by atoms with Crippen molar-refractivity contribution >= 4 is 23.3 Å². The Morgan fingerprint density at radius 1 is 0.923 bits per heavy atom. The molecule has 0 saturated carbocycles. The number of benzene rings is 2. The number of nitro benzene ring substituents is 2. The largest absolute Gasteiger partial charge is 0.481 e. The van der Waals surface area contributed by atoms with E-state index in [4.69, 9.17) is 5.11 Å². The number of esters is 1. The van der Waals surface area contributed by atoms with E-state index in [0.29, 0.717) is 11.3 Å². The van der Waals surface area contributed by atoms with Gasteiger partial charge < -0.3 is 9.84 Å². The fourth-order valence-electron chi connectivity index (χ4n) is 1.71. The van der Waals surface area contributed by atoms with Crippen molar-refractivity contribution in [3.05, 3.63) is 74.3 Å². The van der Waals surface area contributed by atoms with E-state index in [1.54, 1.807) is 0 Å². The molecule has 1 N–H and O–H groups in total. The van der Waals surface area contributed by atoms with Gasteiger partial charge in [0, 0.05) is 31.2 Å². The molecular weight excluding hydrogens is 348 g/mol. The highest BCUT2D eigenvalue weighted by atomic mass is 16.6. The molecule has 2 aromatic rings. The Hall–Kier alpha value is -3.82. The molecule has 0 aliphatic carbocycles. The molecule has 0 heterocycles. The fourth-order valence-corrected chi connectivity index (χ4v) is 1.71. The smallest absolute Gasteiger partial charge is 0.308 e. The number of nitrogens with zero attached hydrogens (tertiary/aromatic N) is 2. The van der Waals surface area contributed by atoms with Crippen LogP contribution in [0.2, 0.25) is 0 Å². The Morgan fingerprint density at radius 3 is 1.69 bits per heavy atom. The summed E-state index contributed by atoms with van der Waals surface area (Å²) in [6.07, 6.45) is -0.113. The molecule has 10 nitrogen and oxygen atoms in total. The molecule has 26 heavy (non-hydrogen) atoms. The molecule has 0 aliphatic heterocycles. The summed E-state index contributed by atoms with van der Waals surface area (Å²) in [6.45, 7) is 1.27. The van der Waals surface area contributed by atoms with Crippen molar-refractivity contribution in [2.45, 2.75) is 13.3 Å². The van der Waals surface area contributed by atoms with E-state index in [0.717, 1.165) is 0 Å². The van der Waals surface area contributed by atoms with Gasteiger partial charge in [-0.05, 0) is 17.7 Å². The van der Waals surface area contributed by atoms with Crippen LogP contribution in [-0.2, 0) is 16.0 Å². The van der Waals surface area contributed by atoms with Crippen LogP contribution in [0.5, 0.6) is 5.75 Å². The Bertz CT molecular complexity index is 731. The number of rotatable bonds is 5. The Balaban J connectivity index is 0.000000260. The third-order valence-corrected chi connectivity index (χ3v) is 2.81. The van der Waals surface area contributed by atoms with Gasteiger partial charge in [0.1, 0.15) is 5.75 Å². The molecule has 0 radical (unpaired) electrons. The maximum atomic E-state index is 10.5. The maximum Gasteiger partial charge on any atom is 0.308 e. The van der Waals surface area contributed by atoms with Gasteiger partial charge in [-0.2, -0.15) is 0 Å². The summed E-state index contributed by atoms with van der Waals surface area (Å²) in [4.78, 5) is 40.1. The summed E-state index contributed by atoms with van der Waals surface area (Å²) in [5, 5.41) is 28.9. The van der Waals surface area contributed by atoms with Gasteiger partial charge in [0.05, 0.1) is 16.3 Å². The zero-order chi connectivity index (χ0) is 19.7. The molecule has 0 unspecified atom stereocenters. The number of carbonyl (C=O) groups is 2. The zero-order valence-electron chi connectivity index (χ0n) is 13.5. The molecule has 0 atom stereocenters. The summed E-state index contributed by atoms with van der Waals surface area (Å²) in [5.41, 5.74) is 0.489. The summed E-state index contributed by atoms with van der Waals surface area (Å²) in [7, 11) is 0. The van der Waals surface area contributed by atoms with Gasteiger partial charge in [-0.3, -0.25) is 29.8 Å². The molecule has 2 aromatic carbocycles. The first-order valence-electron chi connectivity index (χ1n) is 7.07. The standard InChI is InChI=1S/2C8H7NO4/c1-6(10)13-8-4-2-7(3-5-8)9(11)12;10-8(11)5-6-1-3-7(4-2-6)9(12)13/h2-5H,1H3;1-4H,5H2,(H,10,11). The van der Waals surface area contributed by atoms with Gasteiger partial charge in [0.15, 0.2) is 0 Å². The van der Waals surface area contributed by atoms with Crippen LogP contribution in [0.3, 0.4) is 0 Å². The van der Waals surface area contributed by atoms with E-state index in [-0.39, 0.29) is 17.8 Å². The second-order valence-corrected chi connectivity index (χ2v) is 4.84. The van der Waals surface area contributed by atoms with Crippen LogP contribution >= 0.6 is 0 Å². The molecule has 0 saturated heterocycles. The number of carboxylic acid groups (broad SMARTS) is 1. The number of carbonyl (C=O) groups excluding carboxylic acids is 1. The number of hydrogen-bond donors (Lipinski definition) is 1. The van der Waals surface area contributed by atoms with Gasteiger partial charge in [0.2, 0.25) is 0 Å². The first kappa shape index (κ1) is 20.2. The molecule has 0 fully saturated rings. The minimum absolute atomic E-state index is 0.0316. The van der Waals surface area contributed by atoms with Crippen LogP contribution in [0.25, 0.3) is 0 Å². The highest BCUT2D eigenvalue weighted by molar-refractivity contribution is 5.70. The van der Waals surface area contributed by atoms with Crippen LogP contribution in [0.1, 0.15) is 12.5 Å².